The summed E-state index contributed by atoms with van der Waals surface area (Å²) < 4.78 is 13.4. The topological polar surface area (TPSA) is 20.3 Å². The smallest absolute Gasteiger partial charge is 0.164 e. The van der Waals surface area contributed by atoms with Gasteiger partial charge in [0.25, 0.3) is 0 Å². The third-order valence-electron chi connectivity index (χ3n) is 3.78. The van der Waals surface area contributed by atoms with Gasteiger partial charge in [-0.1, -0.05) is 6.92 Å². The number of Topliss-reactive ketones (excluding diaryl/α,β-unsaturated/α-hetero) is 1. The van der Waals surface area contributed by atoms with E-state index in [0.717, 1.165) is 31.4 Å². The fourth-order valence-corrected chi connectivity index (χ4v) is 2.58. The number of benzene rings is 1. The van der Waals surface area contributed by atoms with Crippen molar-refractivity contribution < 1.29 is 9.18 Å². The Morgan fingerprint density at radius 3 is 2.83 bits per heavy atom. The lowest BCUT2D eigenvalue weighted by atomic mass is 9.99. The van der Waals surface area contributed by atoms with Crippen molar-refractivity contribution in [3.63, 3.8) is 0 Å². The van der Waals surface area contributed by atoms with Crippen molar-refractivity contribution in [2.75, 3.05) is 13.6 Å². The van der Waals surface area contributed by atoms with Gasteiger partial charge in [-0.05, 0) is 56.6 Å². The number of carbonyl (C=O) groups is 1. The van der Waals surface area contributed by atoms with Crippen molar-refractivity contribution in [1.82, 2.24) is 4.90 Å². The predicted molar refractivity (Wildman–Crippen MR) is 70.4 cm³/mol. The minimum atomic E-state index is -0.308. The molecule has 1 unspecified atom stereocenters. The van der Waals surface area contributed by atoms with Gasteiger partial charge in [-0.3, -0.25) is 4.79 Å². The van der Waals surface area contributed by atoms with Crippen LogP contribution >= 0.6 is 0 Å². The van der Waals surface area contributed by atoms with Gasteiger partial charge in [-0.25, -0.2) is 4.39 Å². The van der Waals surface area contributed by atoms with Gasteiger partial charge in [0, 0.05) is 18.0 Å². The van der Waals surface area contributed by atoms with Crippen LogP contribution < -0.4 is 0 Å². The number of rotatable bonds is 4. The molecule has 1 aromatic carbocycles. The van der Waals surface area contributed by atoms with Crippen LogP contribution in [0.15, 0.2) is 18.2 Å². The first kappa shape index (κ1) is 13.2. The number of hydrogen-bond donors (Lipinski definition) is 0. The van der Waals surface area contributed by atoms with E-state index in [4.69, 9.17) is 0 Å². The standard InChI is InChI=1S/C15H20FNO/c1-3-11-7-12(9-13(16)8-11)15(18)10-14-5-4-6-17(14)2/h7-9,14H,3-6,10H2,1-2H3. The third-order valence-corrected chi connectivity index (χ3v) is 3.78. The van der Waals surface area contributed by atoms with Crippen molar-refractivity contribution in [3.05, 3.63) is 35.1 Å². The quantitative estimate of drug-likeness (QED) is 0.764. The molecule has 1 aliphatic rings. The molecule has 1 atom stereocenters. The lowest BCUT2D eigenvalue weighted by molar-refractivity contribution is 0.0949. The first-order valence-electron chi connectivity index (χ1n) is 6.63. The third kappa shape index (κ3) is 2.96. The highest BCUT2D eigenvalue weighted by molar-refractivity contribution is 5.96. The molecule has 1 aromatic rings. The zero-order chi connectivity index (χ0) is 13.1. The van der Waals surface area contributed by atoms with Gasteiger partial charge >= 0.3 is 0 Å². The summed E-state index contributed by atoms with van der Waals surface area (Å²) in [7, 11) is 2.05. The average molecular weight is 249 g/mol. The number of likely N-dealkylation sites (tertiary alicyclic amines) is 1. The lowest BCUT2D eigenvalue weighted by Gasteiger charge is -2.18. The lowest BCUT2D eigenvalue weighted by Crippen LogP contribution is -2.27. The molecule has 98 valence electrons. The zero-order valence-electron chi connectivity index (χ0n) is 11.1. The molecule has 0 aliphatic carbocycles. The molecular formula is C15H20FNO. The van der Waals surface area contributed by atoms with Crippen LogP contribution in [0.1, 0.15) is 42.1 Å². The zero-order valence-corrected chi connectivity index (χ0v) is 11.1. The Kier molecular flexibility index (Phi) is 4.12. The molecule has 2 nitrogen and oxygen atoms in total. The minimum absolute atomic E-state index is 0.0583. The maximum absolute atomic E-state index is 13.4. The molecule has 0 spiro atoms. The summed E-state index contributed by atoms with van der Waals surface area (Å²) in [4.78, 5) is 14.4. The first-order chi connectivity index (χ1) is 8.60. The number of halogens is 1. The highest BCUT2D eigenvalue weighted by Crippen LogP contribution is 2.21. The number of nitrogens with zero attached hydrogens (tertiary/aromatic N) is 1. The molecule has 1 aliphatic heterocycles. The Labute approximate surface area is 108 Å². The second-order valence-electron chi connectivity index (χ2n) is 5.11. The molecule has 18 heavy (non-hydrogen) atoms. The Morgan fingerprint density at radius 1 is 1.44 bits per heavy atom. The van der Waals surface area contributed by atoms with E-state index in [1.54, 1.807) is 0 Å². The summed E-state index contributed by atoms with van der Waals surface area (Å²) in [5, 5.41) is 0. The summed E-state index contributed by atoms with van der Waals surface area (Å²) in [6.07, 6.45) is 3.47. The van der Waals surface area contributed by atoms with Crippen LogP contribution in [0.4, 0.5) is 4.39 Å². The van der Waals surface area contributed by atoms with Gasteiger partial charge in [0.2, 0.25) is 0 Å². The molecule has 0 aromatic heterocycles. The summed E-state index contributed by atoms with van der Waals surface area (Å²) in [6.45, 7) is 3.02. The van der Waals surface area contributed by atoms with Crippen molar-refractivity contribution in [3.8, 4) is 0 Å². The van der Waals surface area contributed by atoms with E-state index in [-0.39, 0.29) is 11.6 Å². The summed E-state index contributed by atoms with van der Waals surface area (Å²) in [5.41, 5.74) is 1.41. The van der Waals surface area contributed by atoms with Gasteiger partial charge in [-0.15, -0.1) is 0 Å². The monoisotopic (exact) mass is 249 g/mol. The van der Waals surface area contributed by atoms with Crippen molar-refractivity contribution in [2.45, 2.75) is 38.6 Å². The molecule has 1 fully saturated rings. The van der Waals surface area contributed by atoms with E-state index < -0.39 is 0 Å². The van der Waals surface area contributed by atoms with Gasteiger partial charge in [0.05, 0.1) is 0 Å². The van der Waals surface area contributed by atoms with E-state index in [2.05, 4.69) is 4.90 Å². The molecule has 0 amide bonds. The van der Waals surface area contributed by atoms with Crippen LogP contribution in [0.2, 0.25) is 0 Å². The van der Waals surface area contributed by atoms with Crippen molar-refractivity contribution in [1.29, 1.82) is 0 Å². The Hall–Kier alpha value is -1.22. The van der Waals surface area contributed by atoms with Gasteiger partial charge in [-0.2, -0.15) is 0 Å². The summed E-state index contributed by atoms with van der Waals surface area (Å²) in [6, 6.07) is 5.00. The number of ketones is 1. The molecular weight excluding hydrogens is 229 g/mol. The summed E-state index contributed by atoms with van der Waals surface area (Å²) in [5.74, 6) is -0.250. The molecule has 3 heteroatoms. The summed E-state index contributed by atoms with van der Waals surface area (Å²) >= 11 is 0. The second kappa shape index (κ2) is 5.61. The Balaban J connectivity index is 2.10. The maximum Gasteiger partial charge on any atom is 0.164 e. The molecule has 1 heterocycles. The highest BCUT2D eigenvalue weighted by atomic mass is 19.1. The predicted octanol–water partition coefficient (Wildman–Crippen LogP) is 3.06. The van der Waals surface area contributed by atoms with Gasteiger partial charge in [0.1, 0.15) is 5.82 Å². The van der Waals surface area contributed by atoms with E-state index in [9.17, 15) is 9.18 Å². The molecule has 2 rings (SSSR count). The molecule has 0 N–H and O–H groups in total. The van der Waals surface area contributed by atoms with Crippen LogP contribution in [-0.2, 0) is 6.42 Å². The van der Waals surface area contributed by atoms with Crippen LogP contribution in [0.5, 0.6) is 0 Å². The molecule has 0 bridgehead atoms. The van der Waals surface area contributed by atoms with Gasteiger partial charge in [0.15, 0.2) is 5.78 Å². The van der Waals surface area contributed by atoms with E-state index in [1.165, 1.54) is 12.1 Å². The van der Waals surface area contributed by atoms with E-state index in [0.29, 0.717) is 18.0 Å². The van der Waals surface area contributed by atoms with Crippen LogP contribution in [0, 0.1) is 5.82 Å². The fraction of sp³-hybridized carbons (Fsp3) is 0.533. The van der Waals surface area contributed by atoms with Crippen LogP contribution in [0.3, 0.4) is 0 Å². The fourth-order valence-electron chi connectivity index (χ4n) is 2.58. The Bertz CT molecular complexity index is 444. The average Bonchev–Trinajstić information content (AvgIpc) is 2.74. The number of aryl methyl sites for hydroxylation is 1. The molecule has 0 saturated carbocycles. The van der Waals surface area contributed by atoms with Crippen LogP contribution in [0.25, 0.3) is 0 Å². The SMILES string of the molecule is CCc1cc(F)cc(C(=O)CC2CCCN2C)c1. The number of carbonyl (C=O) groups excluding carboxylic acids is 1. The van der Waals surface area contributed by atoms with Crippen LogP contribution in [-0.4, -0.2) is 30.3 Å². The largest absolute Gasteiger partial charge is 0.303 e. The highest BCUT2D eigenvalue weighted by Gasteiger charge is 2.24. The van der Waals surface area contributed by atoms with E-state index in [1.807, 2.05) is 20.0 Å². The maximum atomic E-state index is 13.4. The second-order valence-corrected chi connectivity index (χ2v) is 5.11. The van der Waals surface area contributed by atoms with Crippen molar-refractivity contribution >= 4 is 5.78 Å². The Morgan fingerprint density at radius 2 is 2.22 bits per heavy atom. The molecule has 1 saturated heterocycles. The molecule has 0 radical (unpaired) electrons. The normalized spacial score (nSPS) is 20.3. The van der Waals surface area contributed by atoms with Gasteiger partial charge < -0.3 is 4.90 Å². The van der Waals surface area contributed by atoms with Crippen molar-refractivity contribution in [2.24, 2.45) is 0 Å². The first-order valence-corrected chi connectivity index (χ1v) is 6.63. The number of hydrogen-bond acceptors (Lipinski definition) is 2. The van der Waals surface area contributed by atoms with E-state index >= 15 is 0 Å². The minimum Gasteiger partial charge on any atom is -0.303 e.